The van der Waals surface area contributed by atoms with Crippen LogP contribution < -0.4 is 26.0 Å². The van der Waals surface area contributed by atoms with Crippen molar-refractivity contribution in [3.05, 3.63) is 52.9 Å². The van der Waals surface area contributed by atoms with Crippen molar-refractivity contribution in [2.24, 2.45) is 5.16 Å². The third-order valence-corrected chi connectivity index (χ3v) is 7.94. The number of carbonyl (C=O) groups is 4. The number of thiazole rings is 1. The molecule has 2 saturated heterocycles. The number of aliphatic carboxylic acids is 1. The van der Waals surface area contributed by atoms with Crippen LogP contribution in [0.3, 0.4) is 0 Å². The molecular weight excluding hydrogens is 522 g/mol. The number of rotatable bonds is 8. The molecule has 0 unspecified atom stereocenters. The van der Waals surface area contributed by atoms with Crippen LogP contribution in [0.4, 0.5) is 5.13 Å². The number of pyridine rings is 1. The van der Waals surface area contributed by atoms with Gasteiger partial charge in [0.1, 0.15) is 17.1 Å². The number of anilines is 1. The van der Waals surface area contributed by atoms with Crippen LogP contribution in [0, 0.1) is 0 Å². The minimum absolute atomic E-state index is 0.121. The lowest BCUT2D eigenvalue weighted by Crippen LogP contribution is -2.71. The van der Waals surface area contributed by atoms with E-state index in [1.54, 1.807) is 17.0 Å². The molecule has 13 nitrogen and oxygen atoms in total. The molecule has 3 aliphatic rings. The molecule has 3 aliphatic heterocycles. The number of amides is 3. The number of aromatic nitrogens is 2. The van der Waals surface area contributed by atoms with Crippen molar-refractivity contribution in [2.75, 3.05) is 18.0 Å². The zero-order valence-corrected chi connectivity index (χ0v) is 20.8. The van der Waals surface area contributed by atoms with Gasteiger partial charge in [-0.3, -0.25) is 19.3 Å². The maximum atomic E-state index is 13.2. The normalized spacial score (nSPS) is 23.3. The van der Waals surface area contributed by atoms with Gasteiger partial charge >= 0.3 is 0 Å². The molecule has 0 bridgehead atoms. The molecule has 3 amide bonds. The van der Waals surface area contributed by atoms with E-state index in [0.29, 0.717) is 24.3 Å². The molecule has 5 rings (SSSR count). The fourth-order valence-electron chi connectivity index (χ4n) is 4.15. The molecule has 37 heavy (non-hydrogen) atoms. The van der Waals surface area contributed by atoms with E-state index in [4.69, 9.17) is 10.6 Å². The third-order valence-electron chi connectivity index (χ3n) is 5.93. The lowest BCUT2D eigenvalue weighted by Gasteiger charge is -2.50. The predicted octanol–water partition coefficient (Wildman–Crippen LogP) is -2.27. The zero-order chi connectivity index (χ0) is 26.1. The van der Waals surface area contributed by atoms with E-state index < -0.39 is 35.3 Å². The Kier molecular flexibility index (Phi) is 6.80. The molecule has 0 aromatic carbocycles. The summed E-state index contributed by atoms with van der Waals surface area (Å²) < 4.78 is 1.80. The molecule has 0 saturated carbocycles. The summed E-state index contributed by atoms with van der Waals surface area (Å²) in [7, 11) is 0. The molecule has 0 spiro atoms. The second-order valence-corrected chi connectivity index (χ2v) is 10.3. The first-order valence-corrected chi connectivity index (χ1v) is 13.1. The van der Waals surface area contributed by atoms with Crippen LogP contribution in [0.25, 0.3) is 0 Å². The van der Waals surface area contributed by atoms with Gasteiger partial charge in [0.2, 0.25) is 6.10 Å². The maximum absolute atomic E-state index is 13.2. The van der Waals surface area contributed by atoms with E-state index in [9.17, 15) is 24.3 Å². The number of nitrogens with one attached hydrogen (secondary N) is 2. The Labute approximate surface area is 218 Å². The van der Waals surface area contributed by atoms with E-state index in [1.807, 2.05) is 18.2 Å². The minimum Gasteiger partial charge on any atom is -0.543 e. The van der Waals surface area contributed by atoms with Gasteiger partial charge in [-0.25, -0.2) is 9.55 Å². The first-order valence-electron chi connectivity index (χ1n) is 11.2. The van der Waals surface area contributed by atoms with Crippen molar-refractivity contribution in [2.45, 2.75) is 30.5 Å². The highest BCUT2D eigenvalue weighted by Gasteiger charge is 2.53. The molecule has 0 aliphatic carbocycles. The molecule has 15 heteroatoms. The molecule has 4 N–H and O–H groups in total. The molecule has 2 aromatic heterocycles. The molecule has 5 heterocycles. The van der Waals surface area contributed by atoms with Crippen LogP contribution in [0.5, 0.6) is 0 Å². The Hall–Kier alpha value is -3.98. The summed E-state index contributed by atoms with van der Waals surface area (Å²) in [6.07, 6.45) is 3.11. The Balaban J connectivity index is 1.34. The molecule has 2 fully saturated rings. The molecule has 192 valence electrons. The van der Waals surface area contributed by atoms with Gasteiger partial charge in [0.25, 0.3) is 17.7 Å². The number of nitrogens with two attached hydrogens (primary N) is 1. The topological polar surface area (TPSA) is 183 Å². The number of fused-ring (bicyclic) bond motifs is 1. The summed E-state index contributed by atoms with van der Waals surface area (Å²) in [6.45, 7) is 0.702. The van der Waals surface area contributed by atoms with Crippen LogP contribution >= 0.6 is 23.1 Å². The van der Waals surface area contributed by atoms with Crippen LogP contribution in [-0.2, 0) is 30.6 Å². The number of hydrogen-bond donors (Lipinski definition) is 3. The maximum Gasteiger partial charge on any atom is 0.276 e. The van der Waals surface area contributed by atoms with Gasteiger partial charge in [-0.05, 0) is 0 Å². The highest BCUT2D eigenvalue weighted by molar-refractivity contribution is 8.00. The number of thioether (sulfide) groups is 1. The van der Waals surface area contributed by atoms with Crippen LogP contribution in [0.2, 0.25) is 0 Å². The van der Waals surface area contributed by atoms with Gasteiger partial charge in [-0.15, -0.1) is 23.1 Å². The van der Waals surface area contributed by atoms with E-state index in [2.05, 4.69) is 20.8 Å². The molecule has 3 atom stereocenters. The van der Waals surface area contributed by atoms with Gasteiger partial charge < -0.3 is 31.1 Å². The standard InChI is InChI=1S/C22H21N7O6S2/c23-22-25-12(10-37-22)14(27-35-13-4-5-24-17(13)30)18(31)26-15-19(32)29-16(21(33)34)11(9-36-20(15)29)8-28-6-2-1-3-7-28/h1-3,6-7,10,13,15,20H,4-5,8-9H2,(H4-,23,24,25,26,30,31,33,34)/b27-14-/t13-,15-,20+/m1/s1. The number of β-lactam (4-membered cyclic amide) rings is 1. The van der Waals surface area contributed by atoms with Crippen LogP contribution in [-0.4, -0.2) is 69.1 Å². The second-order valence-electron chi connectivity index (χ2n) is 8.33. The largest absolute Gasteiger partial charge is 0.543 e. The second kappa shape index (κ2) is 10.2. The first kappa shape index (κ1) is 24.7. The monoisotopic (exact) mass is 543 g/mol. The van der Waals surface area contributed by atoms with Crippen molar-refractivity contribution in [3.8, 4) is 0 Å². The van der Waals surface area contributed by atoms with Gasteiger partial charge in [0.15, 0.2) is 29.8 Å². The Morgan fingerprint density at radius 2 is 2.11 bits per heavy atom. The fourth-order valence-corrected chi connectivity index (χ4v) is 6.04. The molecular formula is C22H21N7O6S2. The molecule has 2 aromatic rings. The number of nitrogen functional groups attached to an aromatic ring is 1. The van der Waals surface area contributed by atoms with E-state index in [-0.39, 0.29) is 34.7 Å². The Morgan fingerprint density at radius 3 is 2.76 bits per heavy atom. The Morgan fingerprint density at radius 1 is 1.32 bits per heavy atom. The van der Waals surface area contributed by atoms with Crippen LogP contribution in [0.15, 0.2) is 52.4 Å². The first-order chi connectivity index (χ1) is 17.8. The number of carboxylic acids is 1. The SMILES string of the molecule is Nc1nc(/C(=N/O[C@@H]2CCNC2=O)C(=O)N[C@@H]2C(=O)N3C(C(=O)[O-])=C(C[n+]4ccccc4)CS[C@@H]23)cs1. The summed E-state index contributed by atoms with van der Waals surface area (Å²) in [5.41, 5.74) is 5.91. The van der Waals surface area contributed by atoms with E-state index in [1.165, 1.54) is 17.1 Å². The number of carbonyl (C=O) groups excluding carboxylic acids is 4. The number of carboxylic acid groups (broad SMARTS) is 1. The van der Waals surface area contributed by atoms with Crippen LogP contribution in [0.1, 0.15) is 12.1 Å². The number of oxime groups is 1. The lowest BCUT2D eigenvalue weighted by molar-refractivity contribution is -0.689. The van der Waals surface area contributed by atoms with Crippen molar-refractivity contribution >= 4 is 57.6 Å². The van der Waals surface area contributed by atoms with Crippen molar-refractivity contribution in [1.29, 1.82) is 0 Å². The summed E-state index contributed by atoms with van der Waals surface area (Å²) in [5, 5.41) is 22.1. The summed E-state index contributed by atoms with van der Waals surface area (Å²) in [5.74, 6) is -2.84. The van der Waals surface area contributed by atoms with Crippen molar-refractivity contribution < 1.29 is 33.7 Å². The van der Waals surface area contributed by atoms with Gasteiger partial charge in [-0.1, -0.05) is 11.2 Å². The quantitative estimate of drug-likeness (QED) is 0.143. The minimum atomic E-state index is -1.46. The van der Waals surface area contributed by atoms with Gasteiger partial charge in [0, 0.05) is 41.8 Å². The highest BCUT2D eigenvalue weighted by Crippen LogP contribution is 2.40. The molecule has 0 radical (unpaired) electrons. The highest BCUT2D eigenvalue weighted by atomic mass is 32.2. The smallest absolute Gasteiger partial charge is 0.276 e. The average Bonchev–Trinajstić information content (AvgIpc) is 3.50. The predicted molar refractivity (Wildman–Crippen MR) is 129 cm³/mol. The van der Waals surface area contributed by atoms with E-state index in [0.717, 1.165) is 16.2 Å². The average molecular weight is 544 g/mol. The lowest BCUT2D eigenvalue weighted by atomic mass is 10.0. The summed E-state index contributed by atoms with van der Waals surface area (Å²) >= 11 is 2.41. The zero-order valence-electron chi connectivity index (χ0n) is 19.2. The number of nitrogens with zero attached hydrogens (tertiary/aromatic N) is 4. The fraction of sp³-hybridized carbons (Fsp3) is 0.318. The third kappa shape index (κ3) is 4.86. The van der Waals surface area contributed by atoms with Crippen molar-refractivity contribution in [1.82, 2.24) is 20.5 Å². The van der Waals surface area contributed by atoms with Gasteiger partial charge in [0.05, 0.1) is 11.7 Å². The van der Waals surface area contributed by atoms with E-state index >= 15 is 0 Å². The van der Waals surface area contributed by atoms with Crippen molar-refractivity contribution in [3.63, 3.8) is 0 Å². The number of hydrogen-bond acceptors (Lipinski definition) is 11. The Bertz CT molecular complexity index is 1330. The van der Waals surface area contributed by atoms with Gasteiger partial charge in [-0.2, -0.15) is 0 Å². The summed E-state index contributed by atoms with van der Waals surface area (Å²) in [4.78, 5) is 60.5. The summed E-state index contributed by atoms with van der Waals surface area (Å²) in [6, 6.07) is 4.47.